The molecule has 23 heavy (non-hydrogen) atoms. The van der Waals surface area contributed by atoms with Crippen LogP contribution < -0.4 is 4.90 Å². The molecule has 1 unspecified atom stereocenters. The highest BCUT2D eigenvalue weighted by molar-refractivity contribution is 5.50. The van der Waals surface area contributed by atoms with Gasteiger partial charge in [-0.1, -0.05) is 5.21 Å². The van der Waals surface area contributed by atoms with Crippen LogP contribution in [0.15, 0.2) is 30.5 Å². The van der Waals surface area contributed by atoms with Crippen molar-refractivity contribution in [3.05, 3.63) is 41.7 Å². The Morgan fingerprint density at radius 3 is 2.65 bits per heavy atom. The van der Waals surface area contributed by atoms with Crippen LogP contribution in [0.5, 0.6) is 0 Å². The zero-order valence-corrected chi connectivity index (χ0v) is 13.5. The summed E-state index contributed by atoms with van der Waals surface area (Å²) in [6.07, 6.45) is 3.40. The first kappa shape index (κ1) is 15.5. The van der Waals surface area contributed by atoms with Gasteiger partial charge in [0.05, 0.1) is 24.4 Å². The number of β-amino-alcohol motifs (C(OH)–C–C–N with tert-alkyl or cyclic N) is 1. The maximum atomic E-state index is 11.1. The molecule has 1 aromatic carbocycles. The van der Waals surface area contributed by atoms with Crippen molar-refractivity contribution in [3.63, 3.8) is 0 Å². The fourth-order valence-corrected chi connectivity index (χ4v) is 2.95. The summed E-state index contributed by atoms with van der Waals surface area (Å²) in [5.74, 6) is 0. The van der Waals surface area contributed by atoms with Gasteiger partial charge in [-0.2, -0.15) is 5.26 Å². The number of nitriles is 1. The number of hydrogen-bond acceptors (Lipinski definition) is 5. The van der Waals surface area contributed by atoms with E-state index >= 15 is 0 Å². The average molecular weight is 311 g/mol. The van der Waals surface area contributed by atoms with E-state index in [1.165, 1.54) is 0 Å². The number of hydrogen-bond donors (Lipinski definition) is 1. The van der Waals surface area contributed by atoms with Crippen LogP contribution in [0.4, 0.5) is 5.69 Å². The molecule has 0 amide bonds. The Morgan fingerprint density at radius 2 is 2.04 bits per heavy atom. The summed E-state index contributed by atoms with van der Waals surface area (Å²) in [7, 11) is 0. The van der Waals surface area contributed by atoms with Crippen molar-refractivity contribution < 1.29 is 5.11 Å². The molecule has 0 aliphatic carbocycles. The molecule has 1 saturated heterocycles. The van der Waals surface area contributed by atoms with Crippen LogP contribution in [-0.4, -0.2) is 33.2 Å². The van der Waals surface area contributed by atoms with Crippen LogP contribution in [0.3, 0.4) is 0 Å². The first-order valence-corrected chi connectivity index (χ1v) is 7.92. The minimum Gasteiger partial charge on any atom is -0.382 e. The van der Waals surface area contributed by atoms with Crippen molar-refractivity contribution >= 4 is 5.69 Å². The minimum atomic E-state index is -0.987. The molecule has 1 aliphatic heterocycles. The Hall–Kier alpha value is -2.39. The van der Waals surface area contributed by atoms with Gasteiger partial charge in [-0.05, 0) is 51.0 Å². The van der Waals surface area contributed by atoms with Crippen LogP contribution >= 0.6 is 0 Å². The van der Waals surface area contributed by atoms with Crippen molar-refractivity contribution in [3.8, 4) is 6.07 Å². The van der Waals surface area contributed by atoms with Gasteiger partial charge >= 0.3 is 0 Å². The summed E-state index contributed by atoms with van der Waals surface area (Å²) < 4.78 is 1.77. The number of nitrogens with zero attached hydrogens (tertiary/aromatic N) is 5. The van der Waals surface area contributed by atoms with Crippen molar-refractivity contribution in [1.82, 2.24) is 15.0 Å². The van der Waals surface area contributed by atoms with Gasteiger partial charge in [-0.15, -0.1) is 5.10 Å². The highest BCUT2D eigenvalue weighted by Gasteiger charge is 2.37. The molecule has 2 aromatic rings. The number of rotatable bonds is 3. The van der Waals surface area contributed by atoms with Crippen LogP contribution in [0, 0.1) is 11.3 Å². The van der Waals surface area contributed by atoms with E-state index in [0.29, 0.717) is 24.2 Å². The Bertz CT molecular complexity index is 715. The Kier molecular flexibility index (Phi) is 4.05. The van der Waals surface area contributed by atoms with Crippen molar-refractivity contribution in [2.75, 3.05) is 18.0 Å². The van der Waals surface area contributed by atoms with Gasteiger partial charge in [0, 0.05) is 18.3 Å². The summed E-state index contributed by atoms with van der Waals surface area (Å²) >= 11 is 0. The zero-order valence-electron chi connectivity index (χ0n) is 13.5. The molecule has 0 saturated carbocycles. The summed E-state index contributed by atoms with van der Waals surface area (Å²) in [5, 5.41) is 28.2. The number of anilines is 1. The molecule has 0 spiro atoms. The quantitative estimate of drug-likeness (QED) is 0.940. The van der Waals surface area contributed by atoms with Crippen molar-refractivity contribution in [1.29, 1.82) is 5.26 Å². The first-order chi connectivity index (χ1) is 11.0. The monoisotopic (exact) mass is 311 g/mol. The highest BCUT2D eigenvalue weighted by Crippen LogP contribution is 2.33. The first-order valence-electron chi connectivity index (χ1n) is 7.92. The second-order valence-electron chi connectivity index (χ2n) is 6.39. The Morgan fingerprint density at radius 1 is 1.30 bits per heavy atom. The molecular formula is C17H21N5O. The molecule has 6 heteroatoms. The third-order valence-corrected chi connectivity index (χ3v) is 4.35. The summed E-state index contributed by atoms with van der Waals surface area (Å²) in [6.45, 7) is 5.43. The molecular weight excluding hydrogens is 290 g/mol. The molecule has 0 radical (unpaired) electrons. The molecule has 2 heterocycles. The van der Waals surface area contributed by atoms with E-state index in [1.807, 2.05) is 32.2 Å². The van der Waals surface area contributed by atoms with E-state index in [0.717, 1.165) is 18.7 Å². The largest absolute Gasteiger partial charge is 0.382 e. The van der Waals surface area contributed by atoms with E-state index in [1.54, 1.807) is 16.8 Å². The third kappa shape index (κ3) is 3.06. The lowest BCUT2D eigenvalue weighted by Gasteiger charge is -2.39. The molecule has 1 fully saturated rings. The fraction of sp³-hybridized carbons (Fsp3) is 0.471. The topological polar surface area (TPSA) is 78.0 Å². The van der Waals surface area contributed by atoms with Crippen LogP contribution in [-0.2, 0) is 5.60 Å². The predicted molar refractivity (Wildman–Crippen MR) is 86.9 cm³/mol. The maximum Gasteiger partial charge on any atom is 0.127 e. The lowest BCUT2D eigenvalue weighted by molar-refractivity contribution is 0.0176. The number of aliphatic hydroxyl groups is 1. The molecule has 120 valence electrons. The molecule has 6 nitrogen and oxygen atoms in total. The SMILES string of the molecule is CC(C)n1cc(C2(O)CCCN(c3ccc(C#N)cc3)C2)nn1. The van der Waals surface area contributed by atoms with Gasteiger partial charge < -0.3 is 10.0 Å². The van der Waals surface area contributed by atoms with Crippen LogP contribution in [0.25, 0.3) is 0 Å². The number of aromatic nitrogens is 3. The van der Waals surface area contributed by atoms with Gasteiger partial charge in [0.1, 0.15) is 11.3 Å². The highest BCUT2D eigenvalue weighted by atomic mass is 16.3. The molecule has 1 atom stereocenters. The lowest BCUT2D eigenvalue weighted by atomic mass is 9.89. The minimum absolute atomic E-state index is 0.220. The van der Waals surface area contributed by atoms with Gasteiger partial charge in [0.25, 0.3) is 0 Å². The third-order valence-electron chi connectivity index (χ3n) is 4.35. The molecule has 0 bridgehead atoms. The smallest absolute Gasteiger partial charge is 0.127 e. The zero-order chi connectivity index (χ0) is 16.4. The van der Waals surface area contributed by atoms with Gasteiger partial charge in [0.15, 0.2) is 0 Å². The lowest BCUT2D eigenvalue weighted by Crippen LogP contribution is -2.46. The van der Waals surface area contributed by atoms with Gasteiger partial charge in [0.2, 0.25) is 0 Å². The van der Waals surface area contributed by atoms with E-state index in [4.69, 9.17) is 5.26 Å². The Balaban J connectivity index is 1.82. The molecule has 1 N–H and O–H groups in total. The number of benzene rings is 1. The molecule has 3 rings (SSSR count). The normalized spacial score (nSPS) is 21.4. The van der Waals surface area contributed by atoms with Crippen LogP contribution in [0.2, 0.25) is 0 Å². The molecule has 1 aromatic heterocycles. The average Bonchev–Trinajstić information content (AvgIpc) is 3.06. The fourth-order valence-electron chi connectivity index (χ4n) is 2.95. The maximum absolute atomic E-state index is 11.1. The van der Waals surface area contributed by atoms with Crippen LogP contribution in [0.1, 0.15) is 44.0 Å². The van der Waals surface area contributed by atoms with E-state index in [2.05, 4.69) is 21.3 Å². The standard InChI is InChI=1S/C17H21N5O/c1-13(2)22-11-16(19-20-22)17(23)8-3-9-21(12-17)15-6-4-14(10-18)5-7-15/h4-7,11,13,23H,3,8-9,12H2,1-2H3. The van der Waals surface area contributed by atoms with Gasteiger partial charge in [-0.25, -0.2) is 4.68 Å². The number of piperidine rings is 1. The van der Waals surface area contributed by atoms with E-state index in [-0.39, 0.29) is 6.04 Å². The summed E-state index contributed by atoms with van der Waals surface area (Å²) in [5.41, 5.74) is 1.29. The predicted octanol–water partition coefficient (Wildman–Crippen LogP) is 2.22. The van der Waals surface area contributed by atoms with Crippen molar-refractivity contribution in [2.45, 2.75) is 38.3 Å². The summed E-state index contributed by atoms with van der Waals surface area (Å²) in [6, 6.07) is 9.80. The second-order valence-corrected chi connectivity index (χ2v) is 6.39. The van der Waals surface area contributed by atoms with Crippen molar-refractivity contribution in [2.24, 2.45) is 0 Å². The Labute approximate surface area is 136 Å². The molecule has 1 aliphatic rings. The summed E-state index contributed by atoms with van der Waals surface area (Å²) in [4.78, 5) is 2.14. The van der Waals surface area contributed by atoms with Gasteiger partial charge in [-0.3, -0.25) is 0 Å². The van der Waals surface area contributed by atoms with E-state index in [9.17, 15) is 5.11 Å². The second kappa shape index (κ2) is 6.01. The van der Waals surface area contributed by atoms with E-state index < -0.39 is 5.60 Å².